The van der Waals surface area contributed by atoms with E-state index in [-0.39, 0.29) is 28.5 Å². The Morgan fingerprint density at radius 1 is 1.45 bits per heavy atom. The molecule has 1 fully saturated rings. The highest BCUT2D eigenvalue weighted by molar-refractivity contribution is 7.89. The van der Waals surface area contributed by atoms with Gasteiger partial charge in [-0.2, -0.15) is 0 Å². The molecule has 0 spiro atoms. The molecule has 22 heavy (non-hydrogen) atoms. The lowest BCUT2D eigenvalue weighted by Gasteiger charge is -2.34. The molecule has 0 aliphatic carbocycles. The van der Waals surface area contributed by atoms with Crippen LogP contribution in [0.1, 0.15) is 19.8 Å². The van der Waals surface area contributed by atoms with Gasteiger partial charge in [-0.1, -0.05) is 6.92 Å². The molecule has 1 aliphatic rings. The summed E-state index contributed by atoms with van der Waals surface area (Å²) in [7, 11) is -2.38. The molecule has 2 rings (SSSR count). The van der Waals surface area contributed by atoms with E-state index in [2.05, 4.69) is 10.0 Å². The fourth-order valence-corrected chi connectivity index (χ4v) is 3.65. The lowest BCUT2D eigenvalue weighted by molar-refractivity contribution is 0.238. The van der Waals surface area contributed by atoms with Crippen molar-refractivity contribution in [3.63, 3.8) is 0 Å². The summed E-state index contributed by atoms with van der Waals surface area (Å²) in [6.07, 6.45) is 1.98. The Morgan fingerprint density at radius 3 is 2.73 bits per heavy atom. The molecule has 1 unspecified atom stereocenters. The van der Waals surface area contributed by atoms with Crippen molar-refractivity contribution in [2.24, 2.45) is 5.41 Å². The number of sulfonamides is 1. The minimum atomic E-state index is -3.72. The average Bonchev–Trinajstić information content (AvgIpc) is 2.46. The Balaban J connectivity index is 0.00000242. The first-order chi connectivity index (χ1) is 9.86. The monoisotopic (exact) mass is 352 g/mol. The van der Waals surface area contributed by atoms with E-state index in [4.69, 9.17) is 4.74 Å². The third-order valence-electron chi connectivity index (χ3n) is 3.81. The molecule has 5 nitrogen and oxygen atoms in total. The second kappa shape index (κ2) is 7.59. The van der Waals surface area contributed by atoms with Crippen LogP contribution in [0.3, 0.4) is 0 Å². The van der Waals surface area contributed by atoms with Gasteiger partial charge in [0.15, 0.2) is 11.6 Å². The molecule has 1 atom stereocenters. The number of hydrogen-bond acceptors (Lipinski definition) is 4. The summed E-state index contributed by atoms with van der Waals surface area (Å²) < 4.78 is 45.4. The molecule has 0 radical (unpaired) electrons. The van der Waals surface area contributed by atoms with Gasteiger partial charge in [0.2, 0.25) is 10.0 Å². The molecule has 1 aliphatic heterocycles. The standard InChI is InChI=1S/C14H21FN2O3S.ClH/c1-14(6-3-7-16-9-14)10-17-21(18,19)11-4-5-13(20-2)12(15)8-11;/h4-5,8,16-17H,3,6-7,9-10H2,1-2H3;1H. The van der Waals surface area contributed by atoms with Crippen molar-refractivity contribution in [3.05, 3.63) is 24.0 Å². The highest BCUT2D eigenvalue weighted by Gasteiger charge is 2.29. The van der Waals surface area contributed by atoms with E-state index in [1.807, 2.05) is 6.92 Å². The Labute approximate surface area is 137 Å². The zero-order valence-electron chi connectivity index (χ0n) is 12.7. The van der Waals surface area contributed by atoms with Crippen LogP contribution >= 0.6 is 12.4 Å². The van der Waals surface area contributed by atoms with Crippen molar-refractivity contribution in [1.29, 1.82) is 0 Å². The zero-order valence-corrected chi connectivity index (χ0v) is 14.3. The summed E-state index contributed by atoms with van der Waals surface area (Å²) >= 11 is 0. The van der Waals surface area contributed by atoms with E-state index in [0.717, 1.165) is 32.0 Å². The van der Waals surface area contributed by atoms with E-state index in [1.54, 1.807) is 0 Å². The number of piperidine rings is 1. The summed E-state index contributed by atoms with van der Waals surface area (Å²) in [5.74, 6) is -0.664. The van der Waals surface area contributed by atoms with Gasteiger partial charge in [0.05, 0.1) is 12.0 Å². The molecule has 1 aromatic rings. The second-order valence-corrected chi connectivity index (χ2v) is 7.48. The largest absolute Gasteiger partial charge is 0.494 e. The summed E-state index contributed by atoms with van der Waals surface area (Å²) in [5, 5.41) is 3.26. The molecule has 0 saturated carbocycles. The van der Waals surface area contributed by atoms with E-state index in [0.29, 0.717) is 6.54 Å². The van der Waals surface area contributed by atoms with Gasteiger partial charge in [0.1, 0.15) is 0 Å². The maximum Gasteiger partial charge on any atom is 0.240 e. The van der Waals surface area contributed by atoms with Crippen LogP contribution in [0, 0.1) is 11.2 Å². The first kappa shape index (κ1) is 19.2. The average molecular weight is 353 g/mol. The Bertz CT molecular complexity index is 604. The van der Waals surface area contributed by atoms with Crippen LogP contribution in [-0.2, 0) is 10.0 Å². The summed E-state index contributed by atoms with van der Waals surface area (Å²) in [6, 6.07) is 3.63. The number of ether oxygens (including phenoxy) is 1. The topological polar surface area (TPSA) is 67.4 Å². The minimum absolute atomic E-state index is 0. The van der Waals surface area contributed by atoms with E-state index < -0.39 is 15.8 Å². The van der Waals surface area contributed by atoms with Crippen LogP contribution in [-0.4, -0.2) is 35.2 Å². The van der Waals surface area contributed by atoms with Gasteiger partial charge in [0, 0.05) is 13.1 Å². The van der Waals surface area contributed by atoms with E-state index in [9.17, 15) is 12.8 Å². The predicted molar refractivity (Wildman–Crippen MR) is 85.6 cm³/mol. The molecule has 0 amide bonds. The van der Waals surface area contributed by atoms with Gasteiger partial charge in [-0.15, -0.1) is 12.4 Å². The van der Waals surface area contributed by atoms with E-state index >= 15 is 0 Å². The van der Waals surface area contributed by atoms with Crippen LogP contribution < -0.4 is 14.8 Å². The molecule has 126 valence electrons. The molecule has 1 aromatic carbocycles. The lowest BCUT2D eigenvalue weighted by Crippen LogP contribution is -2.45. The third kappa shape index (κ3) is 4.55. The van der Waals surface area contributed by atoms with Gasteiger partial charge in [-0.3, -0.25) is 0 Å². The van der Waals surface area contributed by atoms with Gasteiger partial charge in [-0.25, -0.2) is 17.5 Å². The molecule has 1 saturated heterocycles. The van der Waals surface area contributed by atoms with Gasteiger partial charge >= 0.3 is 0 Å². The van der Waals surface area contributed by atoms with Crippen LogP contribution in [0.4, 0.5) is 4.39 Å². The summed E-state index contributed by atoms with van der Waals surface area (Å²) in [4.78, 5) is -0.0897. The molecule has 1 heterocycles. The third-order valence-corrected chi connectivity index (χ3v) is 5.21. The van der Waals surface area contributed by atoms with Crippen molar-refractivity contribution < 1.29 is 17.5 Å². The Morgan fingerprint density at radius 2 is 2.18 bits per heavy atom. The van der Waals surface area contributed by atoms with Gasteiger partial charge in [0.25, 0.3) is 0 Å². The number of halogens is 2. The number of methoxy groups -OCH3 is 1. The molecule has 0 aromatic heterocycles. The lowest BCUT2D eigenvalue weighted by atomic mass is 9.83. The van der Waals surface area contributed by atoms with Crippen LogP contribution in [0.25, 0.3) is 0 Å². The molecular formula is C14H22ClFN2O3S. The smallest absolute Gasteiger partial charge is 0.240 e. The highest BCUT2D eigenvalue weighted by atomic mass is 35.5. The van der Waals surface area contributed by atoms with E-state index in [1.165, 1.54) is 19.2 Å². The Hall–Kier alpha value is -0.890. The second-order valence-electron chi connectivity index (χ2n) is 5.71. The van der Waals surface area contributed by atoms with Crippen molar-refractivity contribution in [2.75, 3.05) is 26.7 Å². The molecule has 0 bridgehead atoms. The molecular weight excluding hydrogens is 331 g/mol. The first-order valence-corrected chi connectivity index (χ1v) is 8.39. The zero-order chi connectivity index (χ0) is 15.5. The fourth-order valence-electron chi connectivity index (χ4n) is 2.44. The fraction of sp³-hybridized carbons (Fsp3) is 0.571. The maximum atomic E-state index is 13.6. The quantitative estimate of drug-likeness (QED) is 0.849. The van der Waals surface area contributed by atoms with Crippen molar-refractivity contribution in [2.45, 2.75) is 24.7 Å². The minimum Gasteiger partial charge on any atom is -0.494 e. The van der Waals surface area contributed by atoms with Gasteiger partial charge < -0.3 is 10.1 Å². The van der Waals surface area contributed by atoms with Crippen molar-refractivity contribution >= 4 is 22.4 Å². The number of hydrogen-bond donors (Lipinski definition) is 2. The summed E-state index contributed by atoms with van der Waals surface area (Å²) in [5.41, 5.74) is -0.115. The first-order valence-electron chi connectivity index (χ1n) is 6.90. The normalized spacial score (nSPS) is 22.0. The summed E-state index contributed by atoms with van der Waals surface area (Å²) in [6.45, 7) is 4.10. The maximum absolute atomic E-state index is 13.6. The number of rotatable bonds is 5. The molecule has 8 heteroatoms. The van der Waals surface area contributed by atoms with Crippen molar-refractivity contribution in [1.82, 2.24) is 10.0 Å². The van der Waals surface area contributed by atoms with Crippen LogP contribution in [0.15, 0.2) is 23.1 Å². The van der Waals surface area contributed by atoms with Crippen LogP contribution in [0.2, 0.25) is 0 Å². The Kier molecular flexibility index (Phi) is 6.61. The van der Waals surface area contributed by atoms with Crippen molar-refractivity contribution in [3.8, 4) is 5.75 Å². The van der Waals surface area contributed by atoms with Crippen LogP contribution in [0.5, 0.6) is 5.75 Å². The highest BCUT2D eigenvalue weighted by Crippen LogP contribution is 2.25. The SMILES string of the molecule is COc1ccc(S(=O)(=O)NCC2(C)CCCNC2)cc1F.Cl. The number of nitrogens with one attached hydrogen (secondary N) is 2. The molecule has 2 N–H and O–H groups in total. The predicted octanol–water partition coefficient (Wildman–Crippen LogP) is 1.92. The number of benzene rings is 1. The van der Waals surface area contributed by atoms with Gasteiger partial charge in [-0.05, 0) is 43.0 Å².